The summed E-state index contributed by atoms with van der Waals surface area (Å²) in [5.41, 5.74) is 7.54. The average Bonchev–Trinajstić information content (AvgIpc) is 2.40. The van der Waals surface area contributed by atoms with E-state index < -0.39 is 0 Å². The monoisotopic (exact) mass is 377 g/mol. The van der Waals surface area contributed by atoms with E-state index in [9.17, 15) is 0 Å². The highest BCUT2D eigenvalue weighted by molar-refractivity contribution is 5.87. The lowest BCUT2D eigenvalue weighted by Crippen LogP contribution is -2.60. The third kappa shape index (κ3) is 6.65. The Morgan fingerprint density at radius 3 is 1.78 bits per heavy atom. The van der Waals surface area contributed by atoms with Crippen LogP contribution in [-0.4, -0.2) is 46.7 Å². The Labute approximate surface area is 166 Å². The Kier molecular flexibility index (Phi) is 6.31. The molecule has 27 heavy (non-hydrogen) atoms. The molecule has 0 spiro atoms. The average molecular weight is 378 g/mol. The largest absolute Gasteiger partial charge is 0.323 e. The Bertz CT molecular complexity index is 541. The summed E-state index contributed by atoms with van der Waals surface area (Å²) in [6.45, 7) is 18.4. The SMILES string of the molecule is CC1(C)CC(C(=N)CN=CC(N)C2CC(C)(C)NC(C)(C)C2)CC(C)(C)N1. The Balaban J connectivity index is 1.93. The quantitative estimate of drug-likeness (QED) is 0.553. The molecule has 2 rings (SSSR count). The summed E-state index contributed by atoms with van der Waals surface area (Å²) in [4.78, 5) is 4.60. The zero-order chi connectivity index (χ0) is 20.7. The van der Waals surface area contributed by atoms with Crippen LogP contribution >= 0.6 is 0 Å². The summed E-state index contributed by atoms with van der Waals surface area (Å²) in [7, 11) is 0. The molecule has 0 radical (unpaired) electrons. The normalized spacial score (nSPS) is 28.9. The van der Waals surface area contributed by atoms with Crippen molar-refractivity contribution in [1.29, 1.82) is 5.41 Å². The number of nitrogens with one attached hydrogen (secondary N) is 3. The summed E-state index contributed by atoms with van der Waals surface area (Å²) in [6, 6.07) is -0.0423. The van der Waals surface area contributed by atoms with Crippen LogP contribution in [0.3, 0.4) is 0 Å². The van der Waals surface area contributed by atoms with Crippen molar-refractivity contribution in [2.24, 2.45) is 22.6 Å². The van der Waals surface area contributed by atoms with E-state index in [1.165, 1.54) is 0 Å². The van der Waals surface area contributed by atoms with E-state index in [0.717, 1.165) is 31.4 Å². The third-order valence-electron chi connectivity index (χ3n) is 5.99. The van der Waals surface area contributed by atoms with Crippen molar-refractivity contribution >= 4 is 11.9 Å². The van der Waals surface area contributed by atoms with Gasteiger partial charge in [0.2, 0.25) is 0 Å². The summed E-state index contributed by atoms with van der Waals surface area (Å²) < 4.78 is 0. The molecule has 2 fully saturated rings. The van der Waals surface area contributed by atoms with Crippen molar-refractivity contribution in [1.82, 2.24) is 10.6 Å². The van der Waals surface area contributed by atoms with Gasteiger partial charge in [0.05, 0.1) is 6.54 Å². The second kappa shape index (κ2) is 7.57. The number of piperidine rings is 2. The molecule has 0 aromatic heterocycles. The maximum Gasteiger partial charge on any atom is 0.0765 e. The fraction of sp³-hybridized carbons (Fsp3) is 0.909. The fourth-order valence-corrected chi connectivity index (χ4v) is 5.77. The molecule has 1 unspecified atom stereocenters. The molecule has 2 heterocycles. The van der Waals surface area contributed by atoms with E-state index in [-0.39, 0.29) is 28.2 Å². The van der Waals surface area contributed by atoms with Crippen LogP contribution in [0.4, 0.5) is 0 Å². The van der Waals surface area contributed by atoms with Crippen molar-refractivity contribution in [3.8, 4) is 0 Å². The molecule has 2 aliphatic rings. The van der Waals surface area contributed by atoms with Crippen molar-refractivity contribution in [2.45, 2.75) is 109 Å². The summed E-state index contributed by atoms with van der Waals surface area (Å²) in [5, 5.41) is 16.0. The van der Waals surface area contributed by atoms with Crippen LogP contribution in [0, 0.1) is 17.2 Å². The molecule has 2 aliphatic heterocycles. The lowest BCUT2D eigenvalue weighted by Gasteiger charge is -2.47. The van der Waals surface area contributed by atoms with Gasteiger partial charge >= 0.3 is 0 Å². The van der Waals surface area contributed by atoms with E-state index in [0.29, 0.717) is 18.4 Å². The lowest BCUT2D eigenvalue weighted by atomic mass is 9.73. The van der Waals surface area contributed by atoms with E-state index >= 15 is 0 Å². The van der Waals surface area contributed by atoms with Gasteiger partial charge < -0.3 is 21.8 Å². The van der Waals surface area contributed by atoms with E-state index in [2.05, 4.69) is 71.0 Å². The first-order chi connectivity index (χ1) is 12.1. The molecule has 2 saturated heterocycles. The summed E-state index contributed by atoms with van der Waals surface area (Å²) >= 11 is 0. The minimum Gasteiger partial charge on any atom is -0.323 e. The standard InChI is InChI=1S/C22H43N5/c1-19(2)9-15(10-20(3,4)26-19)17(23)13-25-14-18(24)16-11-21(5,6)27-22(7,8)12-16/h13,15-17,24,26-27H,9-12,14,23H2,1-8H3. The Hall–Kier alpha value is -0.780. The van der Waals surface area contributed by atoms with Crippen LogP contribution in [0.15, 0.2) is 4.99 Å². The Morgan fingerprint density at radius 2 is 1.33 bits per heavy atom. The summed E-state index contributed by atoms with van der Waals surface area (Å²) in [5.74, 6) is 0.715. The van der Waals surface area contributed by atoms with Gasteiger partial charge in [-0.2, -0.15) is 0 Å². The fourth-order valence-electron chi connectivity index (χ4n) is 5.77. The molecule has 0 aromatic rings. The Morgan fingerprint density at radius 1 is 0.926 bits per heavy atom. The molecule has 5 N–H and O–H groups in total. The number of nitrogens with zero attached hydrogens (tertiary/aromatic N) is 1. The summed E-state index contributed by atoms with van der Waals surface area (Å²) in [6.07, 6.45) is 6.00. The van der Waals surface area contributed by atoms with Gasteiger partial charge in [0, 0.05) is 46.0 Å². The van der Waals surface area contributed by atoms with Gasteiger partial charge in [0.25, 0.3) is 0 Å². The van der Waals surface area contributed by atoms with Crippen molar-refractivity contribution in [3.63, 3.8) is 0 Å². The van der Waals surface area contributed by atoms with Gasteiger partial charge in [0.15, 0.2) is 0 Å². The first-order valence-electron chi connectivity index (χ1n) is 10.5. The van der Waals surface area contributed by atoms with E-state index in [4.69, 9.17) is 11.1 Å². The van der Waals surface area contributed by atoms with Crippen LogP contribution in [-0.2, 0) is 0 Å². The first-order valence-corrected chi connectivity index (χ1v) is 10.5. The molecular weight excluding hydrogens is 334 g/mol. The predicted molar refractivity (Wildman–Crippen MR) is 117 cm³/mol. The smallest absolute Gasteiger partial charge is 0.0765 e. The van der Waals surface area contributed by atoms with E-state index in [1.807, 2.05) is 6.21 Å². The molecule has 5 heteroatoms. The van der Waals surface area contributed by atoms with Gasteiger partial charge in [-0.15, -0.1) is 0 Å². The van der Waals surface area contributed by atoms with Gasteiger partial charge in [-0.3, -0.25) is 4.99 Å². The van der Waals surface area contributed by atoms with Crippen LogP contribution in [0.5, 0.6) is 0 Å². The number of rotatable bonds is 5. The highest BCUT2D eigenvalue weighted by atomic mass is 15.1. The molecule has 156 valence electrons. The van der Waals surface area contributed by atoms with E-state index in [1.54, 1.807) is 0 Å². The van der Waals surface area contributed by atoms with Crippen LogP contribution < -0.4 is 16.4 Å². The maximum absolute atomic E-state index is 8.56. The lowest BCUT2D eigenvalue weighted by molar-refractivity contribution is 0.125. The van der Waals surface area contributed by atoms with Crippen molar-refractivity contribution in [3.05, 3.63) is 0 Å². The number of hydrogen-bond acceptors (Lipinski definition) is 5. The molecule has 0 bridgehead atoms. The molecule has 0 amide bonds. The number of nitrogens with two attached hydrogens (primary N) is 1. The van der Waals surface area contributed by atoms with Gasteiger partial charge in [-0.05, 0) is 87.0 Å². The first kappa shape index (κ1) is 22.5. The second-order valence-corrected chi connectivity index (χ2v) is 11.7. The zero-order valence-electron chi connectivity index (χ0n) is 18.9. The molecule has 5 nitrogen and oxygen atoms in total. The van der Waals surface area contributed by atoms with Gasteiger partial charge in [0.1, 0.15) is 0 Å². The van der Waals surface area contributed by atoms with Crippen molar-refractivity contribution in [2.75, 3.05) is 6.54 Å². The van der Waals surface area contributed by atoms with Gasteiger partial charge in [-0.25, -0.2) is 0 Å². The van der Waals surface area contributed by atoms with Crippen molar-refractivity contribution < 1.29 is 0 Å². The highest BCUT2D eigenvalue weighted by Gasteiger charge is 2.40. The third-order valence-corrected chi connectivity index (χ3v) is 5.99. The molecule has 0 aliphatic carbocycles. The zero-order valence-corrected chi connectivity index (χ0v) is 18.9. The van der Waals surface area contributed by atoms with Crippen LogP contribution in [0.25, 0.3) is 0 Å². The van der Waals surface area contributed by atoms with Crippen LogP contribution in [0.1, 0.15) is 81.1 Å². The van der Waals surface area contributed by atoms with Crippen LogP contribution in [0.2, 0.25) is 0 Å². The maximum atomic E-state index is 8.56. The minimum atomic E-state index is -0.0423. The number of hydrogen-bond donors (Lipinski definition) is 4. The molecule has 1 atom stereocenters. The topological polar surface area (TPSA) is 86.3 Å². The molecule has 0 aromatic carbocycles. The van der Waals surface area contributed by atoms with Gasteiger partial charge in [-0.1, -0.05) is 0 Å². The molecular formula is C22H43N5. The predicted octanol–water partition coefficient (Wildman–Crippen LogP) is 3.52. The second-order valence-electron chi connectivity index (χ2n) is 11.7. The molecule has 0 saturated carbocycles. The minimum absolute atomic E-state index is 0.0423. The number of aliphatic imine (C=N–C) groups is 1. The highest BCUT2D eigenvalue weighted by Crippen LogP contribution is 2.35.